The van der Waals surface area contributed by atoms with Gasteiger partial charge in [0, 0.05) is 5.56 Å². The third-order valence-corrected chi connectivity index (χ3v) is 3.81. The summed E-state index contributed by atoms with van der Waals surface area (Å²) >= 11 is 6.09. The molecule has 6 heteroatoms. The Morgan fingerprint density at radius 3 is 2.81 bits per heavy atom. The normalized spacial score (nSPS) is 19.5. The molecule has 4 rings (SSSR count). The number of allylic oxidation sites excluding steroid dienone is 3. The maximum atomic E-state index is 12.5. The summed E-state index contributed by atoms with van der Waals surface area (Å²) in [6.45, 7) is 0. The summed E-state index contributed by atoms with van der Waals surface area (Å²) < 4.78 is 4.89. The van der Waals surface area contributed by atoms with Gasteiger partial charge in [-0.15, -0.1) is 0 Å². The Kier molecular flexibility index (Phi) is 2.40. The number of hydrogen-bond acceptors (Lipinski definition) is 5. The zero-order valence-corrected chi connectivity index (χ0v) is 11.3. The fourth-order valence-electron chi connectivity index (χ4n) is 2.51. The molecule has 1 aromatic heterocycles. The van der Waals surface area contributed by atoms with Crippen molar-refractivity contribution in [3.05, 3.63) is 58.1 Å². The van der Waals surface area contributed by atoms with E-state index in [1.807, 2.05) is 0 Å². The second-order valence-electron chi connectivity index (χ2n) is 4.68. The van der Waals surface area contributed by atoms with Gasteiger partial charge >= 0.3 is 0 Å². The molecule has 0 fully saturated rings. The molecular formula is C15H7ClN2O3. The van der Waals surface area contributed by atoms with Crippen molar-refractivity contribution in [2.75, 3.05) is 5.32 Å². The smallest absolute Gasteiger partial charge is 0.212 e. The monoisotopic (exact) mass is 298 g/mol. The van der Waals surface area contributed by atoms with E-state index in [0.717, 1.165) is 0 Å². The lowest BCUT2D eigenvalue weighted by Crippen LogP contribution is -2.13. The highest BCUT2D eigenvalue weighted by Crippen LogP contribution is 2.38. The van der Waals surface area contributed by atoms with E-state index in [0.29, 0.717) is 27.5 Å². The van der Waals surface area contributed by atoms with Gasteiger partial charge in [-0.2, -0.15) is 0 Å². The SMILES string of the molecule is O=C1C=Cc2nocc2/C1=C1\Nc2c(Cl)cccc2C1=O. The van der Waals surface area contributed by atoms with Crippen LogP contribution in [0, 0.1) is 0 Å². The number of anilines is 1. The van der Waals surface area contributed by atoms with Gasteiger partial charge in [0.25, 0.3) is 0 Å². The molecule has 0 unspecified atom stereocenters. The molecule has 2 aromatic rings. The lowest BCUT2D eigenvalue weighted by atomic mass is 9.93. The maximum Gasteiger partial charge on any atom is 0.212 e. The van der Waals surface area contributed by atoms with Crippen LogP contribution in [0.3, 0.4) is 0 Å². The molecule has 1 N–H and O–H groups in total. The number of rotatable bonds is 0. The molecule has 1 aromatic carbocycles. The number of ketones is 2. The Bertz CT molecular complexity index is 877. The van der Waals surface area contributed by atoms with Crippen LogP contribution in [0.25, 0.3) is 11.6 Å². The van der Waals surface area contributed by atoms with Crippen LogP contribution in [0.15, 0.2) is 40.8 Å². The van der Waals surface area contributed by atoms with Gasteiger partial charge in [-0.05, 0) is 24.3 Å². The molecule has 1 aliphatic carbocycles. The first-order valence-corrected chi connectivity index (χ1v) is 6.56. The van der Waals surface area contributed by atoms with Crippen LogP contribution >= 0.6 is 11.6 Å². The van der Waals surface area contributed by atoms with Gasteiger partial charge < -0.3 is 9.84 Å². The number of nitrogens with zero attached hydrogens (tertiary/aromatic N) is 1. The topological polar surface area (TPSA) is 72.2 Å². The van der Waals surface area contributed by atoms with Crippen LogP contribution in [0.4, 0.5) is 5.69 Å². The number of fused-ring (bicyclic) bond motifs is 2. The molecular weight excluding hydrogens is 292 g/mol. The second-order valence-corrected chi connectivity index (χ2v) is 5.08. The highest BCUT2D eigenvalue weighted by molar-refractivity contribution is 6.40. The first-order valence-electron chi connectivity index (χ1n) is 6.18. The summed E-state index contributed by atoms with van der Waals surface area (Å²) in [5.74, 6) is -0.538. The van der Waals surface area contributed by atoms with Crippen LogP contribution in [-0.4, -0.2) is 16.7 Å². The van der Waals surface area contributed by atoms with Gasteiger partial charge in [0.15, 0.2) is 5.78 Å². The summed E-state index contributed by atoms with van der Waals surface area (Å²) in [5.41, 5.74) is 2.45. The molecule has 21 heavy (non-hydrogen) atoms. The predicted molar refractivity (Wildman–Crippen MR) is 76.9 cm³/mol. The molecule has 0 bridgehead atoms. The molecule has 0 saturated carbocycles. The number of carbonyl (C=O) groups excluding carboxylic acids is 2. The van der Waals surface area contributed by atoms with E-state index in [1.165, 1.54) is 12.3 Å². The highest BCUT2D eigenvalue weighted by Gasteiger charge is 2.33. The number of halogens is 1. The number of para-hydroxylation sites is 1. The average Bonchev–Trinajstić information content (AvgIpc) is 3.06. The third kappa shape index (κ3) is 1.61. The Hall–Kier alpha value is -2.66. The summed E-state index contributed by atoms with van der Waals surface area (Å²) in [5, 5.41) is 7.18. The van der Waals surface area contributed by atoms with Crippen molar-refractivity contribution in [2.24, 2.45) is 0 Å². The van der Waals surface area contributed by atoms with Gasteiger partial charge in [0.2, 0.25) is 5.78 Å². The first-order chi connectivity index (χ1) is 10.2. The van der Waals surface area contributed by atoms with Crippen LogP contribution in [0.5, 0.6) is 0 Å². The molecule has 102 valence electrons. The molecule has 2 heterocycles. The summed E-state index contributed by atoms with van der Waals surface area (Å²) in [6.07, 6.45) is 4.29. The van der Waals surface area contributed by atoms with Crippen LogP contribution in [-0.2, 0) is 4.79 Å². The fourth-order valence-corrected chi connectivity index (χ4v) is 2.74. The van der Waals surface area contributed by atoms with Gasteiger partial charge in [0.05, 0.1) is 27.5 Å². The standard InChI is InChI=1S/C15H7ClN2O3/c16-9-3-1-2-7-13(9)17-14(15(7)20)12-8-6-21-18-10(8)4-5-11(12)19/h1-6,17H/b14-12+. The Balaban J connectivity index is 1.96. The lowest BCUT2D eigenvalue weighted by molar-refractivity contribution is -0.109. The van der Waals surface area contributed by atoms with Gasteiger partial charge in [-0.25, -0.2) is 0 Å². The van der Waals surface area contributed by atoms with Crippen molar-refractivity contribution >= 4 is 40.5 Å². The van der Waals surface area contributed by atoms with Gasteiger partial charge in [-0.1, -0.05) is 22.8 Å². The van der Waals surface area contributed by atoms with E-state index >= 15 is 0 Å². The van der Waals surface area contributed by atoms with Gasteiger partial charge in [0.1, 0.15) is 12.0 Å². The highest BCUT2D eigenvalue weighted by atomic mass is 35.5. The number of aromatic nitrogens is 1. The van der Waals surface area contributed by atoms with E-state index < -0.39 is 0 Å². The number of hydrogen-bond donors (Lipinski definition) is 1. The summed E-state index contributed by atoms with van der Waals surface area (Å²) in [6, 6.07) is 5.05. The molecule has 0 amide bonds. The molecule has 5 nitrogen and oxygen atoms in total. The van der Waals surface area contributed by atoms with Crippen LogP contribution in [0.1, 0.15) is 21.6 Å². The maximum absolute atomic E-state index is 12.5. The number of benzene rings is 1. The fraction of sp³-hybridized carbons (Fsp3) is 0. The van der Waals surface area contributed by atoms with Crippen LogP contribution < -0.4 is 5.32 Å². The Morgan fingerprint density at radius 1 is 1.14 bits per heavy atom. The minimum Gasteiger partial charge on any atom is -0.363 e. The molecule has 0 spiro atoms. The quantitative estimate of drug-likeness (QED) is 0.757. The van der Waals surface area contributed by atoms with E-state index in [9.17, 15) is 9.59 Å². The summed E-state index contributed by atoms with van der Waals surface area (Å²) in [7, 11) is 0. The number of Topliss-reactive ketones (excluding diaryl/α,β-unsaturated/α-hetero) is 1. The van der Waals surface area contributed by atoms with E-state index in [2.05, 4.69) is 10.5 Å². The molecule has 0 saturated heterocycles. The zero-order valence-electron chi connectivity index (χ0n) is 10.5. The predicted octanol–water partition coefficient (Wildman–Crippen LogP) is 2.94. The van der Waals surface area contributed by atoms with Gasteiger partial charge in [-0.3, -0.25) is 9.59 Å². The second kappa shape index (κ2) is 4.17. The van der Waals surface area contributed by atoms with Crippen molar-refractivity contribution in [3.8, 4) is 0 Å². The summed E-state index contributed by atoms with van der Waals surface area (Å²) in [4.78, 5) is 24.7. The largest absolute Gasteiger partial charge is 0.363 e. The third-order valence-electron chi connectivity index (χ3n) is 3.49. The minimum atomic E-state index is -0.273. The zero-order chi connectivity index (χ0) is 14.6. The average molecular weight is 299 g/mol. The molecule has 2 aliphatic rings. The molecule has 0 radical (unpaired) electrons. The Morgan fingerprint density at radius 2 is 2.00 bits per heavy atom. The number of nitrogens with one attached hydrogen (secondary N) is 1. The lowest BCUT2D eigenvalue weighted by Gasteiger charge is -2.10. The van der Waals surface area contributed by atoms with Crippen molar-refractivity contribution in [1.82, 2.24) is 5.16 Å². The van der Waals surface area contributed by atoms with E-state index in [1.54, 1.807) is 24.3 Å². The van der Waals surface area contributed by atoms with Crippen LogP contribution in [0.2, 0.25) is 5.02 Å². The molecule has 1 aliphatic heterocycles. The number of carbonyl (C=O) groups is 2. The molecule has 0 atom stereocenters. The van der Waals surface area contributed by atoms with Crippen molar-refractivity contribution < 1.29 is 14.1 Å². The van der Waals surface area contributed by atoms with Crippen molar-refractivity contribution in [3.63, 3.8) is 0 Å². The van der Waals surface area contributed by atoms with Crippen molar-refractivity contribution in [1.29, 1.82) is 0 Å². The van der Waals surface area contributed by atoms with E-state index in [-0.39, 0.29) is 22.8 Å². The van der Waals surface area contributed by atoms with Crippen molar-refractivity contribution in [2.45, 2.75) is 0 Å². The first kappa shape index (κ1) is 12.1. The minimum absolute atomic E-state index is 0.205. The van der Waals surface area contributed by atoms with E-state index in [4.69, 9.17) is 16.1 Å². The Labute approximate surface area is 123 Å².